The highest BCUT2D eigenvalue weighted by Crippen LogP contribution is 2.16. The number of fused-ring (bicyclic) bond motifs is 1. The van der Waals surface area contributed by atoms with Gasteiger partial charge in [-0.2, -0.15) is 0 Å². The third-order valence-corrected chi connectivity index (χ3v) is 5.38. The SMILES string of the molecule is Cc1cc2ccc(CCC(=O)N3CCN(C(=O)c4ccco4)CC3)cc2[nH]c1=O. The van der Waals surface area contributed by atoms with Crippen LogP contribution >= 0.6 is 0 Å². The number of aromatic amines is 1. The highest BCUT2D eigenvalue weighted by atomic mass is 16.3. The molecule has 0 atom stereocenters. The van der Waals surface area contributed by atoms with E-state index in [-0.39, 0.29) is 17.4 Å². The smallest absolute Gasteiger partial charge is 0.289 e. The number of furan rings is 1. The summed E-state index contributed by atoms with van der Waals surface area (Å²) < 4.78 is 5.16. The fourth-order valence-corrected chi connectivity index (χ4v) is 3.64. The molecule has 1 fully saturated rings. The van der Waals surface area contributed by atoms with Gasteiger partial charge in [0, 0.05) is 43.7 Å². The summed E-state index contributed by atoms with van der Waals surface area (Å²) in [6, 6.07) is 11.1. The molecule has 0 unspecified atom stereocenters. The van der Waals surface area contributed by atoms with Crippen molar-refractivity contribution in [2.45, 2.75) is 19.8 Å². The van der Waals surface area contributed by atoms with Crippen LogP contribution in [0.4, 0.5) is 0 Å². The Labute approximate surface area is 167 Å². The van der Waals surface area contributed by atoms with Gasteiger partial charge >= 0.3 is 0 Å². The molecular formula is C22H23N3O4. The first kappa shape index (κ1) is 19.0. The second-order valence-electron chi connectivity index (χ2n) is 7.35. The summed E-state index contributed by atoms with van der Waals surface area (Å²) in [6.07, 6.45) is 2.49. The number of nitrogens with one attached hydrogen (secondary N) is 1. The number of H-pyrrole nitrogens is 1. The van der Waals surface area contributed by atoms with Crippen molar-refractivity contribution in [3.8, 4) is 0 Å². The summed E-state index contributed by atoms with van der Waals surface area (Å²) in [5.41, 5.74) is 2.39. The van der Waals surface area contributed by atoms with E-state index in [2.05, 4.69) is 4.98 Å². The van der Waals surface area contributed by atoms with E-state index in [9.17, 15) is 14.4 Å². The third-order valence-electron chi connectivity index (χ3n) is 5.38. The van der Waals surface area contributed by atoms with Crippen LogP contribution in [0.2, 0.25) is 0 Å². The molecule has 0 bridgehead atoms. The second kappa shape index (κ2) is 7.95. The zero-order valence-corrected chi connectivity index (χ0v) is 16.3. The lowest BCUT2D eigenvalue weighted by Gasteiger charge is -2.34. The fraction of sp³-hybridized carbons (Fsp3) is 0.318. The van der Waals surface area contributed by atoms with Gasteiger partial charge in [-0.15, -0.1) is 0 Å². The van der Waals surface area contributed by atoms with E-state index >= 15 is 0 Å². The fourth-order valence-electron chi connectivity index (χ4n) is 3.64. The highest BCUT2D eigenvalue weighted by molar-refractivity contribution is 5.91. The molecule has 150 valence electrons. The minimum absolute atomic E-state index is 0.0765. The largest absolute Gasteiger partial charge is 0.459 e. The van der Waals surface area contributed by atoms with E-state index in [1.54, 1.807) is 28.9 Å². The van der Waals surface area contributed by atoms with Crippen LogP contribution in [0.3, 0.4) is 0 Å². The molecule has 1 aliphatic rings. The van der Waals surface area contributed by atoms with Crippen molar-refractivity contribution in [1.29, 1.82) is 0 Å². The average molecular weight is 393 g/mol. The maximum absolute atomic E-state index is 12.6. The topological polar surface area (TPSA) is 86.6 Å². The van der Waals surface area contributed by atoms with Crippen molar-refractivity contribution in [3.63, 3.8) is 0 Å². The third kappa shape index (κ3) is 4.08. The van der Waals surface area contributed by atoms with Gasteiger partial charge < -0.3 is 19.2 Å². The van der Waals surface area contributed by atoms with Crippen LogP contribution in [0.5, 0.6) is 0 Å². The summed E-state index contributed by atoms with van der Waals surface area (Å²) >= 11 is 0. The quantitative estimate of drug-likeness (QED) is 0.737. The molecular weight excluding hydrogens is 370 g/mol. The first-order valence-electron chi connectivity index (χ1n) is 9.74. The normalized spacial score (nSPS) is 14.4. The van der Waals surface area contributed by atoms with E-state index in [0.717, 1.165) is 16.5 Å². The van der Waals surface area contributed by atoms with Gasteiger partial charge in [0.15, 0.2) is 5.76 Å². The van der Waals surface area contributed by atoms with E-state index < -0.39 is 0 Å². The number of amides is 2. The molecule has 0 aliphatic carbocycles. The molecule has 2 amide bonds. The molecule has 4 rings (SSSR count). The Kier molecular flexibility index (Phi) is 5.20. The Balaban J connectivity index is 1.32. The summed E-state index contributed by atoms with van der Waals surface area (Å²) in [4.78, 5) is 43.1. The number of hydrogen-bond donors (Lipinski definition) is 1. The molecule has 29 heavy (non-hydrogen) atoms. The molecule has 1 aromatic carbocycles. The molecule has 3 aromatic rings. The molecule has 0 spiro atoms. The summed E-state index contributed by atoms with van der Waals surface area (Å²) in [7, 11) is 0. The maximum Gasteiger partial charge on any atom is 0.289 e. The molecule has 0 radical (unpaired) electrons. The number of aromatic nitrogens is 1. The molecule has 1 aliphatic heterocycles. The molecule has 1 saturated heterocycles. The highest BCUT2D eigenvalue weighted by Gasteiger charge is 2.25. The van der Waals surface area contributed by atoms with Gasteiger partial charge in [0.2, 0.25) is 5.91 Å². The molecule has 7 nitrogen and oxygen atoms in total. The van der Waals surface area contributed by atoms with Crippen LogP contribution < -0.4 is 5.56 Å². The Hall–Kier alpha value is -3.35. The average Bonchev–Trinajstić information content (AvgIpc) is 3.27. The van der Waals surface area contributed by atoms with Crippen LogP contribution in [0, 0.1) is 6.92 Å². The summed E-state index contributed by atoms with van der Waals surface area (Å²) in [6.45, 7) is 3.83. The number of benzene rings is 1. The van der Waals surface area contributed by atoms with Crippen LogP contribution in [0.25, 0.3) is 10.9 Å². The number of aryl methyl sites for hydroxylation is 2. The van der Waals surface area contributed by atoms with Gasteiger partial charge in [0.1, 0.15) is 0 Å². The molecule has 2 aromatic heterocycles. The number of hydrogen-bond acceptors (Lipinski definition) is 4. The number of nitrogens with zero attached hydrogens (tertiary/aromatic N) is 2. The molecule has 3 heterocycles. The van der Waals surface area contributed by atoms with Crippen LogP contribution in [0.15, 0.2) is 51.9 Å². The van der Waals surface area contributed by atoms with Crippen molar-refractivity contribution in [2.75, 3.05) is 26.2 Å². The van der Waals surface area contributed by atoms with E-state index in [0.29, 0.717) is 50.3 Å². The van der Waals surface area contributed by atoms with E-state index in [4.69, 9.17) is 4.42 Å². The predicted molar refractivity (Wildman–Crippen MR) is 109 cm³/mol. The number of rotatable bonds is 4. The molecule has 7 heteroatoms. The number of carbonyl (C=O) groups excluding carboxylic acids is 2. The lowest BCUT2D eigenvalue weighted by Crippen LogP contribution is -2.50. The minimum atomic E-state index is -0.137. The van der Waals surface area contributed by atoms with Gasteiger partial charge in [0.25, 0.3) is 11.5 Å². The zero-order chi connectivity index (χ0) is 20.4. The second-order valence-corrected chi connectivity index (χ2v) is 7.35. The number of piperazine rings is 1. The van der Waals surface area contributed by atoms with Crippen molar-refractivity contribution in [3.05, 3.63) is 69.9 Å². The Morgan fingerprint density at radius 2 is 1.83 bits per heavy atom. The Morgan fingerprint density at radius 1 is 1.07 bits per heavy atom. The van der Waals surface area contributed by atoms with Gasteiger partial charge in [-0.3, -0.25) is 14.4 Å². The first-order chi connectivity index (χ1) is 14.0. The number of pyridine rings is 1. The lowest BCUT2D eigenvalue weighted by atomic mass is 10.1. The monoisotopic (exact) mass is 393 g/mol. The van der Waals surface area contributed by atoms with Crippen LogP contribution in [0.1, 0.15) is 28.1 Å². The van der Waals surface area contributed by atoms with E-state index in [1.165, 1.54) is 6.26 Å². The van der Waals surface area contributed by atoms with Crippen molar-refractivity contribution in [1.82, 2.24) is 14.8 Å². The van der Waals surface area contributed by atoms with Gasteiger partial charge in [0.05, 0.1) is 6.26 Å². The maximum atomic E-state index is 12.6. The zero-order valence-electron chi connectivity index (χ0n) is 16.3. The predicted octanol–water partition coefficient (Wildman–Crippen LogP) is 2.35. The van der Waals surface area contributed by atoms with E-state index in [1.807, 2.05) is 24.3 Å². The lowest BCUT2D eigenvalue weighted by molar-refractivity contribution is -0.132. The minimum Gasteiger partial charge on any atom is -0.459 e. The van der Waals surface area contributed by atoms with Crippen molar-refractivity contribution < 1.29 is 14.0 Å². The first-order valence-corrected chi connectivity index (χ1v) is 9.74. The van der Waals surface area contributed by atoms with Crippen molar-refractivity contribution >= 4 is 22.7 Å². The van der Waals surface area contributed by atoms with Gasteiger partial charge in [-0.05, 0) is 48.6 Å². The Bertz CT molecular complexity index is 1090. The summed E-state index contributed by atoms with van der Waals surface area (Å²) in [5.74, 6) is 0.268. The Morgan fingerprint density at radius 3 is 2.55 bits per heavy atom. The molecule has 0 saturated carbocycles. The van der Waals surface area contributed by atoms with Crippen LogP contribution in [-0.4, -0.2) is 52.8 Å². The standard InChI is InChI=1S/C22H23N3O4/c1-15-13-17-6-4-16(14-18(17)23-21(15)27)5-7-20(26)24-8-10-25(11-9-24)22(28)19-3-2-12-29-19/h2-4,6,12-14H,5,7-11H2,1H3,(H,23,27). The van der Waals surface area contributed by atoms with Gasteiger partial charge in [-0.1, -0.05) is 12.1 Å². The van der Waals surface area contributed by atoms with Gasteiger partial charge in [-0.25, -0.2) is 0 Å². The van der Waals surface area contributed by atoms with Crippen LogP contribution in [-0.2, 0) is 11.2 Å². The summed E-state index contributed by atoms with van der Waals surface area (Å²) in [5, 5.41) is 0.981. The molecule has 1 N–H and O–H groups in total. The number of carbonyl (C=O) groups is 2. The van der Waals surface area contributed by atoms with Crippen molar-refractivity contribution in [2.24, 2.45) is 0 Å².